The van der Waals surface area contributed by atoms with Crippen molar-refractivity contribution in [2.24, 2.45) is 0 Å². The molecule has 1 radical (unpaired) electrons. The van der Waals surface area contributed by atoms with Crippen molar-refractivity contribution in [3.05, 3.63) is 0 Å². The fourth-order valence-corrected chi connectivity index (χ4v) is 12.8. The summed E-state index contributed by atoms with van der Waals surface area (Å²) in [5.41, 5.74) is 0. The zero-order valence-corrected chi connectivity index (χ0v) is 13.6. The molecule has 1 saturated heterocycles. The van der Waals surface area contributed by atoms with Crippen molar-refractivity contribution in [2.75, 3.05) is 6.61 Å². The molecular formula is C10H25LiNOSi2. The summed E-state index contributed by atoms with van der Waals surface area (Å²) in [6.07, 6.45) is 2.93. The maximum atomic E-state index is 5.86. The van der Waals surface area contributed by atoms with E-state index in [1.165, 1.54) is 12.8 Å². The quantitative estimate of drug-likeness (QED) is 0.701. The van der Waals surface area contributed by atoms with Crippen molar-refractivity contribution in [1.29, 1.82) is 0 Å². The van der Waals surface area contributed by atoms with E-state index in [1.54, 1.807) is 0 Å². The van der Waals surface area contributed by atoms with E-state index in [4.69, 9.17) is 4.74 Å². The van der Waals surface area contributed by atoms with Crippen LogP contribution in [0.2, 0.25) is 39.3 Å². The minimum Gasteiger partial charge on any atom is -0.364 e. The first-order chi connectivity index (χ1) is 6.23. The van der Waals surface area contributed by atoms with Gasteiger partial charge in [-0.25, -0.2) is 0 Å². The van der Waals surface area contributed by atoms with Gasteiger partial charge >= 0.3 is 0 Å². The molecule has 1 atom stereocenters. The van der Waals surface area contributed by atoms with Gasteiger partial charge in [0.25, 0.3) is 0 Å². The SMILES string of the molecule is C[Si](C)(C)N(C1CCCO1)[Si](C)(C)C.[Li]. The average molecular weight is 238 g/mol. The molecule has 1 aliphatic heterocycles. The maximum Gasteiger partial charge on any atom is 0.114 e. The Balaban J connectivity index is 0.00000196. The van der Waals surface area contributed by atoms with E-state index in [1.807, 2.05) is 0 Å². The monoisotopic (exact) mass is 238 g/mol. The minimum atomic E-state index is -1.22. The first kappa shape index (κ1) is 16.0. The number of hydrogen-bond donors (Lipinski definition) is 0. The summed E-state index contributed by atoms with van der Waals surface area (Å²) >= 11 is 0. The predicted molar refractivity (Wildman–Crippen MR) is 73.3 cm³/mol. The zero-order valence-electron chi connectivity index (χ0n) is 11.6. The van der Waals surface area contributed by atoms with Crippen molar-refractivity contribution in [2.45, 2.75) is 58.4 Å². The molecule has 5 heteroatoms. The Kier molecular flexibility index (Phi) is 5.87. The number of nitrogens with zero attached hydrogens (tertiary/aromatic N) is 1. The smallest absolute Gasteiger partial charge is 0.114 e. The first-order valence-corrected chi connectivity index (χ1v) is 12.5. The molecule has 15 heavy (non-hydrogen) atoms. The molecule has 0 aromatic carbocycles. The van der Waals surface area contributed by atoms with Gasteiger partial charge in [0.05, 0.1) is 6.23 Å². The van der Waals surface area contributed by atoms with Crippen LogP contribution in [-0.2, 0) is 4.74 Å². The molecule has 1 rings (SSSR count). The van der Waals surface area contributed by atoms with E-state index in [0.717, 1.165) is 6.61 Å². The molecular weight excluding hydrogens is 213 g/mol. The van der Waals surface area contributed by atoms with Gasteiger partial charge in [0.15, 0.2) is 0 Å². The summed E-state index contributed by atoms with van der Waals surface area (Å²) in [7, 11) is -2.43. The molecule has 85 valence electrons. The van der Waals surface area contributed by atoms with Gasteiger partial charge in [-0.15, -0.1) is 0 Å². The topological polar surface area (TPSA) is 12.5 Å². The molecule has 0 spiro atoms. The van der Waals surface area contributed by atoms with Crippen molar-refractivity contribution < 1.29 is 4.74 Å². The van der Waals surface area contributed by atoms with Crippen LogP contribution in [0.4, 0.5) is 0 Å². The van der Waals surface area contributed by atoms with Gasteiger partial charge < -0.3 is 8.97 Å². The third kappa shape index (κ3) is 4.37. The van der Waals surface area contributed by atoms with E-state index in [0.29, 0.717) is 6.23 Å². The summed E-state index contributed by atoms with van der Waals surface area (Å²) in [6, 6.07) is 0. The standard InChI is InChI=1S/C10H25NOSi2.Li/c1-13(2,3)11(14(4,5)6)10-8-7-9-12-10;/h10H,7-9H2,1-6H3;. The van der Waals surface area contributed by atoms with Crippen LogP contribution in [0.15, 0.2) is 0 Å². The van der Waals surface area contributed by atoms with Crippen LogP contribution in [0.25, 0.3) is 0 Å². The second-order valence-electron chi connectivity index (χ2n) is 6.18. The predicted octanol–water partition coefficient (Wildman–Crippen LogP) is 2.71. The Morgan fingerprint density at radius 1 is 1.00 bits per heavy atom. The van der Waals surface area contributed by atoms with Crippen LogP contribution in [0.5, 0.6) is 0 Å². The molecule has 0 aromatic heterocycles. The second-order valence-corrected chi connectivity index (χ2v) is 16.3. The summed E-state index contributed by atoms with van der Waals surface area (Å²) in [5, 5.41) is 0. The Morgan fingerprint density at radius 3 is 1.73 bits per heavy atom. The largest absolute Gasteiger partial charge is 0.364 e. The summed E-state index contributed by atoms with van der Waals surface area (Å²) in [5.74, 6) is 0. The van der Waals surface area contributed by atoms with Gasteiger partial charge in [-0.3, -0.25) is 0 Å². The van der Waals surface area contributed by atoms with E-state index in [9.17, 15) is 0 Å². The summed E-state index contributed by atoms with van der Waals surface area (Å²) in [4.78, 5) is 0. The third-order valence-corrected chi connectivity index (χ3v) is 10.1. The van der Waals surface area contributed by atoms with Gasteiger partial charge in [0.2, 0.25) is 0 Å². The van der Waals surface area contributed by atoms with E-state index >= 15 is 0 Å². The van der Waals surface area contributed by atoms with Gasteiger partial charge in [0.1, 0.15) is 16.5 Å². The zero-order chi connectivity index (χ0) is 11.0. The minimum absolute atomic E-state index is 0. The summed E-state index contributed by atoms with van der Waals surface area (Å²) in [6.45, 7) is 15.6. The van der Waals surface area contributed by atoms with Crippen LogP contribution in [0, 0.1) is 0 Å². The van der Waals surface area contributed by atoms with Gasteiger partial charge in [-0.05, 0) is 12.8 Å². The van der Waals surface area contributed by atoms with Crippen LogP contribution < -0.4 is 0 Å². The average Bonchev–Trinajstić information content (AvgIpc) is 2.31. The fraction of sp³-hybridized carbons (Fsp3) is 1.00. The van der Waals surface area contributed by atoms with Crippen molar-refractivity contribution in [1.82, 2.24) is 4.23 Å². The Morgan fingerprint density at radius 2 is 1.47 bits per heavy atom. The van der Waals surface area contributed by atoms with Gasteiger partial charge in [-0.2, -0.15) is 0 Å². The van der Waals surface area contributed by atoms with E-state index in [-0.39, 0.29) is 18.9 Å². The molecule has 0 N–H and O–H groups in total. The van der Waals surface area contributed by atoms with E-state index in [2.05, 4.69) is 43.5 Å². The number of hydrogen-bond acceptors (Lipinski definition) is 2. The van der Waals surface area contributed by atoms with Crippen LogP contribution >= 0.6 is 0 Å². The van der Waals surface area contributed by atoms with Crippen molar-refractivity contribution in [3.8, 4) is 0 Å². The summed E-state index contributed by atoms with van der Waals surface area (Å²) < 4.78 is 8.63. The Labute approximate surface area is 109 Å². The molecule has 1 fully saturated rings. The van der Waals surface area contributed by atoms with E-state index < -0.39 is 16.5 Å². The van der Waals surface area contributed by atoms with Crippen LogP contribution in [0.3, 0.4) is 0 Å². The van der Waals surface area contributed by atoms with Crippen LogP contribution in [0.1, 0.15) is 12.8 Å². The normalized spacial score (nSPS) is 23.0. The molecule has 0 bridgehead atoms. The molecule has 0 aromatic rings. The fourth-order valence-electron chi connectivity index (χ4n) is 2.63. The Hall–Kier alpha value is 0.951. The number of rotatable bonds is 3. The molecule has 0 amide bonds. The van der Waals surface area contributed by atoms with Crippen molar-refractivity contribution in [3.63, 3.8) is 0 Å². The molecule has 1 heterocycles. The van der Waals surface area contributed by atoms with Gasteiger partial charge in [-0.1, -0.05) is 39.3 Å². The molecule has 1 unspecified atom stereocenters. The van der Waals surface area contributed by atoms with Crippen molar-refractivity contribution >= 4 is 35.3 Å². The first-order valence-electron chi connectivity index (χ1n) is 5.64. The second kappa shape index (κ2) is 5.52. The van der Waals surface area contributed by atoms with Gasteiger partial charge in [0, 0.05) is 25.5 Å². The molecule has 0 saturated carbocycles. The maximum absolute atomic E-state index is 5.86. The molecule has 0 aliphatic carbocycles. The third-order valence-electron chi connectivity index (χ3n) is 2.64. The molecule has 1 aliphatic rings. The number of ether oxygens (including phenoxy) is 1. The van der Waals surface area contributed by atoms with Crippen LogP contribution in [-0.4, -0.2) is 52.4 Å². The Bertz CT molecular complexity index is 181. The molecule has 2 nitrogen and oxygen atoms in total.